The Morgan fingerprint density at radius 2 is 0.907 bits per heavy atom. The van der Waals surface area contributed by atoms with Gasteiger partial charge in [0.1, 0.15) is 58.5 Å². The van der Waals surface area contributed by atoms with E-state index in [4.69, 9.17) is 14.2 Å². The van der Waals surface area contributed by atoms with Gasteiger partial charge in [-0.25, -0.2) is 0 Å². The molecule has 0 radical (unpaired) electrons. The van der Waals surface area contributed by atoms with Gasteiger partial charge in [-0.05, 0) is 98.5 Å². The second-order valence-electron chi connectivity index (χ2n) is 10.4. The lowest BCUT2D eigenvalue weighted by Crippen LogP contribution is -2.30. The zero-order valence-electron chi connectivity index (χ0n) is 24.5. The van der Waals surface area contributed by atoms with Crippen LogP contribution in [0.4, 0.5) is 0 Å². The lowest BCUT2D eigenvalue weighted by Gasteiger charge is -2.33. The topological polar surface area (TPSA) is 123 Å². The molecular formula is C36H30N4O3. The van der Waals surface area contributed by atoms with Crippen LogP contribution in [-0.4, -0.2) is 0 Å². The Morgan fingerprint density at radius 3 is 1.40 bits per heavy atom. The molecule has 2 atom stereocenters. The summed E-state index contributed by atoms with van der Waals surface area (Å²) < 4.78 is 19.1. The monoisotopic (exact) mass is 566 g/mol. The summed E-state index contributed by atoms with van der Waals surface area (Å²) in [4.78, 5) is 0. The minimum atomic E-state index is -0.722. The Bertz CT molecular complexity index is 1820. The molecule has 7 heteroatoms. The lowest BCUT2D eigenvalue weighted by atomic mass is 9.91. The van der Waals surface area contributed by atoms with Crippen molar-refractivity contribution in [3.8, 4) is 47.3 Å². The van der Waals surface area contributed by atoms with Crippen LogP contribution in [0.2, 0.25) is 0 Å². The van der Waals surface area contributed by atoms with Crippen LogP contribution < -0.4 is 14.2 Å². The van der Waals surface area contributed by atoms with Gasteiger partial charge in [0.05, 0.1) is 22.3 Å². The third kappa shape index (κ3) is 6.60. The minimum absolute atomic E-state index is 0.255. The molecule has 0 saturated carbocycles. The third-order valence-corrected chi connectivity index (χ3v) is 7.62. The highest BCUT2D eigenvalue weighted by atomic mass is 16.5. The van der Waals surface area contributed by atoms with E-state index in [1.807, 2.05) is 94.4 Å². The molecule has 4 aromatic carbocycles. The summed E-state index contributed by atoms with van der Waals surface area (Å²) in [6.07, 6.45) is 1.31. The van der Waals surface area contributed by atoms with E-state index in [1.54, 1.807) is 36.4 Å². The summed E-state index contributed by atoms with van der Waals surface area (Å²) in [5.74, 6) is 2.21. The Kier molecular flexibility index (Phi) is 9.01. The smallest absolute Gasteiger partial charge is 0.131 e. The quantitative estimate of drug-likeness (QED) is 0.189. The molecule has 0 spiro atoms. The molecule has 0 N–H and O–H groups in total. The average Bonchev–Trinajstić information content (AvgIpc) is 3.04. The van der Waals surface area contributed by atoms with Crippen LogP contribution in [0, 0.1) is 45.3 Å². The van der Waals surface area contributed by atoms with Crippen molar-refractivity contribution in [3.63, 3.8) is 0 Å². The molecule has 0 aliphatic heterocycles. The van der Waals surface area contributed by atoms with Gasteiger partial charge in [-0.15, -0.1) is 0 Å². The second kappa shape index (κ2) is 12.8. The van der Waals surface area contributed by atoms with Gasteiger partial charge in [-0.2, -0.15) is 21.0 Å². The number of rotatable bonds is 10. The third-order valence-electron chi connectivity index (χ3n) is 7.62. The van der Waals surface area contributed by atoms with E-state index in [-0.39, 0.29) is 11.1 Å². The van der Waals surface area contributed by atoms with Crippen LogP contribution in [0.15, 0.2) is 84.9 Å². The van der Waals surface area contributed by atoms with Gasteiger partial charge in [0.2, 0.25) is 0 Å². The average molecular weight is 567 g/mol. The molecule has 0 aromatic heterocycles. The Balaban J connectivity index is 1.59. The fourth-order valence-corrected chi connectivity index (χ4v) is 4.66. The van der Waals surface area contributed by atoms with E-state index in [1.165, 1.54) is 0 Å². The van der Waals surface area contributed by atoms with Crippen molar-refractivity contribution in [2.45, 2.75) is 51.7 Å². The molecule has 4 rings (SSSR count). The molecule has 0 aliphatic rings. The standard InChI is InChI=1S/C36H30N4O3/c1-5-35(3,29-9-7-11-31(19-29)41-32-15-13-25(21-37)27(17-32)23-39)42-33-12-8-10-30(20-33)36(4,6-2)43-34-16-14-26(22-38)28(18-34)24-40/h7-20H,5-6H2,1-4H3. The SMILES string of the molecule is CCC(C)(Oc1cccc(C(C)(CC)Oc2ccc(C#N)c(C#N)c2)c1)c1cccc(Oc2ccc(C#N)c(C#N)c2)c1. The van der Waals surface area contributed by atoms with E-state index in [9.17, 15) is 21.0 Å². The predicted molar refractivity (Wildman–Crippen MR) is 161 cm³/mol. The number of hydrogen-bond donors (Lipinski definition) is 0. The van der Waals surface area contributed by atoms with E-state index < -0.39 is 11.2 Å². The molecule has 43 heavy (non-hydrogen) atoms. The van der Waals surface area contributed by atoms with E-state index in [0.29, 0.717) is 47.0 Å². The first-order valence-electron chi connectivity index (χ1n) is 13.9. The van der Waals surface area contributed by atoms with Gasteiger partial charge in [0.25, 0.3) is 0 Å². The molecule has 212 valence electrons. The molecule has 4 aromatic rings. The Morgan fingerprint density at radius 1 is 0.512 bits per heavy atom. The first-order valence-corrected chi connectivity index (χ1v) is 13.9. The Labute approximate surface area is 252 Å². The van der Waals surface area contributed by atoms with E-state index in [0.717, 1.165) is 11.1 Å². The predicted octanol–water partition coefficient (Wildman–Crippen LogP) is 8.37. The molecule has 7 nitrogen and oxygen atoms in total. The molecule has 0 saturated heterocycles. The van der Waals surface area contributed by atoms with Gasteiger partial charge >= 0.3 is 0 Å². The highest BCUT2D eigenvalue weighted by Gasteiger charge is 2.31. The first-order chi connectivity index (χ1) is 20.7. The molecule has 0 fully saturated rings. The van der Waals surface area contributed by atoms with Crippen molar-refractivity contribution in [1.29, 1.82) is 21.0 Å². The Hall–Kier alpha value is -5.76. The summed E-state index contributed by atoms with van der Waals surface area (Å²) in [7, 11) is 0. The van der Waals surface area contributed by atoms with Gasteiger partial charge in [-0.3, -0.25) is 0 Å². The lowest BCUT2D eigenvalue weighted by molar-refractivity contribution is 0.0741. The van der Waals surface area contributed by atoms with Gasteiger partial charge in [0, 0.05) is 0 Å². The maximum absolute atomic E-state index is 9.44. The molecule has 0 amide bonds. The zero-order chi connectivity index (χ0) is 31.0. The second-order valence-corrected chi connectivity index (χ2v) is 10.4. The van der Waals surface area contributed by atoms with E-state index >= 15 is 0 Å². The maximum atomic E-state index is 9.44. The summed E-state index contributed by atoms with van der Waals surface area (Å²) in [6, 6.07) is 33.2. The van der Waals surface area contributed by atoms with Crippen molar-refractivity contribution >= 4 is 0 Å². The molecule has 2 unspecified atom stereocenters. The zero-order valence-corrected chi connectivity index (χ0v) is 24.5. The molecule has 0 aliphatic carbocycles. The highest BCUT2D eigenvalue weighted by Crippen LogP contribution is 2.37. The largest absolute Gasteiger partial charge is 0.483 e. The fraction of sp³-hybridized carbons (Fsp3) is 0.222. The summed E-state index contributed by atoms with van der Waals surface area (Å²) in [5.41, 5.74) is 1.52. The maximum Gasteiger partial charge on any atom is 0.131 e. The van der Waals surface area contributed by atoms with Crippen molar-refractivity contribution in [3.05, 3.63) is 118 Å². The molecule has 0 bridgehead atoms. The highest BCUT2D eigenvalue weighted by molar-refractivity contribution is 5.51. The van der Waals surface area contributed by atoms with Crippen LogP contribution in [0.1, 0.15) is 73.9 Å². The minimum Gasteiger partial charge on any atom is -0.483 e. The van der Waals surface area contributed by atoms with Crippen LogP contribution in [0.3, 0.4) is 0 Å². The number of hydrogen-bond acceptors (Lipinski definition) is 7. The number of nitriles is 4. The van der Waals surface area contributed by atoms with Gasteiger partial charge < -0.3 is 14.2 Å². The fourth-order valence-electron chi connectivity index (χ4n) is 4.66. The van der Waals surface area contributed by atoms with Gasteiger partial charge in [0.15, 0.2) is 0 Å². The molecule has 0 heterocycles. The van der Waals surface area contributed by atoms with Crippen molar-refractivity contribution in [2.24, 2.45) is 0 Å². The van der Waals surface area contributed by atoms with Crippen molar-refractivity contribution < 1.29 is 14.2 Å². The van der Waals surface area contributed by atoms with Crippen LogP contribution in [-0.2, 0) is 11.2 Å². The molecular weight excluding hydrogens is 536 g/mol. The van der Waals surface area contributed by atoms with E-state index in [2.05, 4.69) is 6.07 Å². The summed E-state index contributed by atoms with van der Waals surface area (Å²) >= 11 is 0. The summed E-state index contributed by atoms with van der Waals surface area (Å²) in [6.45, 7) is 8.08. The van der Waals surface area contributed by atoms with Crippen molar-refractivity contribution in [1.82, 2.24) is 0 Å². The summed E-state index contributed by atoms with van der Waals surface area (Å²) in [5, 5.41) is 37.3. The van der Waals surface area contributed by atoms with Gasteiger partial charge in [-0.1, -0.05) is 38.1 Å². The number of benzene rings is 4. The first kappa shape index (κ1) is 30.2. The van der Waals surface area contributed by atoms with Crippen molar-refractivity contribution in [2.75, 3.05) is 0 Å². The van der Waals surface area contributed by atoms with Crippen LogP contribution in [0.25, 0.3) is 0 Å². The number of ether oxygens (including phenoxy) is 3. The normalized spacial score (nSPS) is 13.1. The van der Waals surface area contributed by atoms with Crippen LogP contribution in [0.5, 0.6) is 23.0 Å². The number of nitrogens with zero attached hydrogens (tertiary/aromatic N) is 4. The van der Waals surface area contributed by atoms with Crippen LogP contribution >= 0.6 is 0 Å².